The van der Waals surface area contributed by atoms with E-state index in [9.17, 15) is 43.9 Å². The van der Waals surface area contributed by atoms with E-state index < -0.39 is 64.0 Å². The van der Waals surface area contributed by atoms with Crippen LogP contribution in [0.2, 0.25) is 0 Å². The van der Waals surface area contributed by atoms with Gasteiger partial charge < -0.3 is 9.47 Å². The second kappa shape index (κ2) is 24.7. The molecular formula is C59H64F10O4P+. The first kappa shape index (κ1) is 58.2. The molecule has 2 atom stereocenters. The van der Waals surface area contributed by atoms with Crippen LogP contribution in [0.3, 0.4) is 0 Å². The summed E-state index contributed by atoms with van der Waals surface area (Å²) in [6.45, 7) is 6.74. The average Bonchev–Trinajstić information content (AvgIpc) is 3.35. The fourth-order valence-electron chi connectivity index (χ4n) is 9.16. The van der Waals surface area contributed by atoms with Crippen molar-refractivity contribution in [3.63, 3.8) is 0 Å². The van der Waals surface area contributed by atoms with Gasteiger partial charge in [0.1, 0.15) is 36.4 Å². The van der Waals surface area contributed by atoms with Gasteiger partial charge in [0, 0.05) is 0 Å². The van der Waals surface area contributed by atoms with Crippen molar-refractivity contribution in [1.82, 2.24) is 0 Å². The predicted molar refractivity (Wildman–Crippen MR) is 273 cm³/mol. The zero-order valence-electron chi connectivity index (χ0n) is 42.3. The second-order valence-corrected chi connectivity index (χ2v) is 23.3. The minimum absolute atomic E-state index is 0.0618. The van der Waals surface area contributed by atoms with E-state index in [0.29, 0.717) is 11.5 Å². The van der Waals surface area contributed by atoms with Crippen LogP contribution in [0.1, 0.15) is 106 Å². The van der Waals surface area contributed by atoms with E-state index in [1.807, 2.05) is 44.2 Å². The summed E-state index contributed by atoms with van der Waals surface area (Å²) >= 11 is 0. The van der Waals surface area contributed by atoms with E-state index in [1.54, 1.807) is 24.3 Å². The van der Waals surface area contributed by atoms with Crippen molar-refractivity contribution in [3.8, 4) is 0 Å². The van der Waals surface area contributed by atoms with Crippen LogP contribution in [0.5, 0.6) is 0 Å². The van der Waals surface area contributed by atoms with Crippen molar-refractivity contribution >= 4 is 23.2 Å². The molecule has 0 radical (unpaired) electrons. The van der Waals surface area contributed by atoms with Crippen molar-refractivity contribution in [2.24, 2.45) is 11.8 Å². The lowest BCUT2D eigenvalue weighted by atomic mass is 9.76. The Bertz CT molecular complexity index is 2520. The highest BCUT2D eigenvalue weighted by molar-refractivity contribution is 7.95. The number of hydrogen-bond acceptors (Lipinski definition) is 4. The van der Waals surface area contributed by atoms with Crippen molar-refractivity contribution in [2.45, 2.75) is 122 Å². The normalized spacial score (nSPS) is 14.0. The van der Waals surface area contributed by atoms with Gasteiger partial charge in [0.15, 0.2) is 0 Å². The second-order valence-electron chi connectivity index (χ2n) is 19.9. The van der Waals surface area contributed by atoms with Gasteiger partial charge in [-0.05, 0) is 112 Å². The third-order valence-corrected chi connectivity index (χ3v) is 17.4. The van der Waals surface area contributed by atoms with Crippen LogP contribution in [0.25, 0.3) is 0 Å². The maximum Gasteiger partial charge on any atom is 0.495 e. The minimum atomic E-state index is -6.71. The molecule has 6 aromatic carbocycles. The fourth-order valence-corrected chi connectivity index (χ4v) is 13.4. The first-order valence-electron chi connectivity index (χ1n) is 24.6. The van der Waals surface area contributed by atoms with Gasteiger partial charge in [-0.2, -0.15) is 35.1 Å². The lowest BCUT2D eigenvalue weighted by Gasteiger charge is -2.34. The number of hydrogen-bond donors (Lipinski definition) is 0. The molecule has 0 amide bonds. The van der Waals surface area contributed by atoms with Gasteiger partial charge in [0.05, 0.1) is 19.4 Å². The summed E-state index contributed by atoms with van der Waals surface area (Å²) in [6, 6.07) is 54.1. The molecule has 0 bridgehead atoms. The molecule has 6 rings (SSSR count). The van der Waals surface area contributed by atoms with E-state index in [2.05, 4.69) is 139 Å². The highest BCUT2D eigenvalue weighted by atomic mass is 31.2. The van der Waals surface area contributed by atoms with E-state index >= 15 is 0 Å². The molecule has 15 heteroatoms. The molecule has 0 saturated heterocycles. The molecule has 0 aliphatic rings. The van der Waals surface area contributed by atoms with Gasteiger partial charge in [0.2, 0.25) is 0 Å². The fraction of sp³-hybridized carbons (Fsp3) is 0.390. The Hall–Kier alpha value is -5.11. The van der Waals surface area contributed by atoms with E-state index in [-0.39, 0.29) is 29.2 Å². The first-order chi connectivity index (χ1) is 34.8. The van der Waals surface area contributed by atoms with E-state index in [0.717, 1.165) is 30.1 Å². The number of benzene rings is 6. The van der Waals surface area contributed by atoms with E-state index in [4.69, 9.17) is 4.74 Å². The Kier molecular flexibility index (Phi) is 19.4. The van der Waals surface area contributed by atoms with Crippen LogP contribution in [-0.4, -0.2) is 43.6 Å². The molecule has 74 heavy (non-hydrogen) atoms. The smallest absolute Gasteiger partial charge is 0.370 e. The molecule has 0 heterocycles. The van der Waals surface area contributed by atoms with Crippen LogP contribution in [0.4, 0.5) is 43.9 Å². The highest BCUT2D eigenvalue weighted by Gasteiger charge is 2.75. The predicted octanol–water partition coefficient (Wildman–Crippen LogP) is 16.0. The Balaban J connectivity index is 1.07. The number of rotatable bonds is 27. The maximum atomic E-state index is 14.5. The topological polar surface area (TPSA) is 36.9 Å². The van der Waals surface area contributed by atoms with E-state index in [1.165, 1.54) is 39.2 Å². The molecule has 0 N–H and O–H groups in total. The molecule has 2 unspecified atom stereocenters. The van der Waals surface area contributed by atoms with Crippen LogP contribution in [0, 0.1) is 11.8 Å². The number of halogens is 10. The van der Waals surface area contributed by atoms with Crippen LogP contribution in [-0.2, 0) is 38.3 Å². The summed E-state index contributed by atoms with van der Waals surface area (Å²) in [7, 11) is -2.13. The molecule has 0 saturated carbocycles. The molecular weight excluding hydrogens is 994 g/mol. The van der Waals surface area contributed by atoms with Crippen molar-refractivity contribution in [1.29, 1.82) is 0 Å². The largest absolute Gasteiger partial charge is 0.495 e. The summed E-state index contributed by atoms with van der Waals surface area (Å²) in [5.74, 6) is -11.5. The minimum Gasteiger partial charge on any atom is -0.370 e. The highest BCUT2D eigenvalue weighted by Crippen LogP contribution is 2.58. The standard InChI is InChI=1S/C59H64F10O4P/c1-41(2)34-50(48-30-26-46(27-31-48)38-74(51-16-10-7-11-17-51,52-18-12-8-13-19-52)53-20-14-9-15-21-53)35-54(43(5)6)49-32-24-45(25-33-49)37-71-40-56(62,63)72-59(68,69)73-58(66,67)57(64,65)55(60,61)39-70-36-44-22-28-47(29-23-44)42(3)4/h7-33,41-43,50,54H,34-40H2,1-6H3/q+1. The molecule has 4 nitrogen and oxygen atoms in total. The third kappa shape index (κ3) is 14.8. The van der Waals surface area contributed by atoms with Gasteiger partial charge >= 0.3 is 30.4 Å². The SMILES string of the molecule is CC(C)CC(CC(c1ccc(COCC(F)(F)OC(F)(F)OC(F)(F)C(F)(F)C(F)(F)COCc2ccc(C(C)C)cc2)cc1)C(C)C)c1ccc(C[P+](c2ccccc2)(c2ccccc2)c2ccccc2)cc1. The Labute approximate surface area is 428 Å². The Morgan fingerprint density at radius 2 is 0.865 bits per heavy atom. The summed E-state index contributed by atoms with van der Waals surface area (Å²) in [5, 5.41) is 3.88. The lowest BCUT2D eigenvalue weighted by Crippen LogP contribution is -2.59. The number of alkyl halides is 10. The first-order valence-corrected chi connectivity index (χ1v) is 26.6. The molecule has 6 aromatic rings. The van der Waals surface area contributed by atoms with Crippen LogP contribution >= 0.6 is 7.26 Å². The molecule has 0 fully saturated rings. The number of ether oxygens (including phenoxy) is 4. The van der Waals surface area contributed by atoms with Crippen molar-refractivity contribution in [3.05, 3.63) is 197 Å². The molecule has 0 spiro atoms. The zero-order chi connectivity index (χ0) is 54.0. The maximum absolute atomic E-state index is 14.5. The lowest BCUT2D eigenvalue weighted by molar-refractivity contribution is -0.544. The quantitative estimate of drug-likeness (QED) is 0.0293. The van der Waals surface area contributed by atoms with Gasteiger partial charge in [-0.25, -0.2) is 9.47 Å². The molecule has 0 aromatic heterocycles. The van der Waals surface area contributed by atoms with Crippen molar-refractivity contribution in [2.75, 3.05) is 13.2 Å². The average molecular weight is 1060 g/mol. The monoisotopic (exact) mass is 1060 g/mol. The summed E-state index contributed by atoms with van der Waals surface area (Å²) < 4.78 is 159. The third-order valence-electron chi connectivity index (χ3n) is 13.0. The summed E-state index contributed by atoms with van der Waals surface area (Å²) in [5.41, 5.74) is 4.82. The zero-order valence-corrected chi connectivity index (χ0v) is 43.2. The molecule has 0 aliphatic carbocycles. The summed E-state index contributed by atoms with van der Waals surface area (Å²) in [6.07, 6.45) is -15.5. The molecule has 398 valence electrons. The molecule has 0 aliphatic heterocycles. The van der Waals surface area contributed by atoms with Crippen molar-refractivity contribution < 1.29 is 62.9 Å². The Morgan fingerprint density at radius 1 is 0.446 bits per heavy atom. The van der Waals surface area contributed by atoms with Gasteiger partial charge in [-0.3, -0.25) is 0 Å². The van der Waals surface area contributed by atoms with Gasteiger partial charge in [0.25, 0.3) is 0 Å². The van der Waals surface area contributed by atoms with Gasteiger partial charge in [-0.1, -0.05) is 169 Å². The van der Waals surface area contributed by atoms with Crippen LogP contribution < -0.4 is 15.9 Å². The van der Waals surface area contributed by atoms with Gasteiger partial charge in [-0.15, -0.1) is 8.78 Å². The van der Waals surface area contributed by atoms with Crippen LogP contribution in [0.15, 0.2) is 164 Å². The summed E-state index contributed by atoms with van der Waals surface area (Å²) in [4.78, 5) is 0. The Morgan fingerprint density at radius 3 is 1.30 bits per heavy atom.